The van der Waals surface area contributed by atoms with Crippen molar-refractivity contribution >= 4 is 40.7 Å². The molecule has 2 heterocycles. The van der Waals surface area contributed by atoms with E-state index < -0.39 is 46.6 Å². The highest BCUT2D eigenvalue weighted by atomic mass is 35.6. The average Bonchev–Trinajstić information content (AvgIpc) is 2.87. The number of benzene rings is 2. The van der Waals surface area contributed by atoms with E-state index in [2.05, 4.69) is 11.9 Å². The van der Waals surface area contributed by atoms with Gasteiger partial charge in [-0.2, -0.15) is 0 Å². The molecule has 0 radical (unpaired) electrons. The molecule has 188 valence electrons. The van der Waals surface area contributed by atoms with Crippen molar-refractivity contribution in [3.8, 4) is 0 Å². The molecule has 2 saturated heterocycles. The van der Waals surface area contributed by atoms with Gasteiger partial charge in [0.1, 0.15) is 24.4 Å². The zero-order chi connectivity index (χ0) is 24.8. The van der Waals surface area contributed by atoms with Crippen LogP contribution in [-0.2, 0) is 35.1 Å². The number of hydrogen-bond acceptors (Lipinski definition) is 6. The first kappa shape index (κ1) is 26.4. The molecule has 0 aromatic heterocycles. The zero-order valence-electron chi connectivity index (χ0n) is 18.7. The lowest BCUT2D eigenvalue weighted by Crippen LogP contribution is -2.68. The van der Waals surface area contributed by atoms with Gasteiger partial charge in [0.2, 0.25) is 0 Å². The van der Waals surface area contributed by atoms with E-state index in [4.69, 9.17) is 58.5 Å². The summed E-state index contributed by atoms with van der Waals surface area (Å²) < 4.78 is 28.4. The Labute approximate surface area is 219 Å². The molecular formula is C25H26Cl3NO6. The van der Waals surface area contributed by atoms with Gasteiger partial charge in [-0.15, -0.1) is 6.58 Å². The highest BCUT2D eigenvalue weighted by Crippen LogP contribution is 2.37. The van der Waals surface area contributed by atoms with E-state index in [-0.39, 0.29) is 19.8 Å². The summed E-state index contributed by atoms with van der Waals surface area (Å²) in [5.41, 5.74) is 1.79. The molecule has 4 rings (SSSR count). The Kier molecular flexibility index (Phi) is 9.07. The summed E-state index contributed by atoms with van der Waals surface area (Å²) in [7, 11) is 0. The molecule has 0 spiro atoms. The number of fused-ring (bicyclic) bond motifs is 1. The van der Waals surface area contributed by atoms with Gasteiger partial charge in [0.05, 0.1) is 19.8 Å². The van der Waals surface area contributed by atoms with Crippen LogP contribution in [0.2, 0.25) is 0 Å². The maximum absolute atomic E-state index is 12.7. The van der Waals surface area contributed by atoms with Crippen molar-refractivity contribution in [3.63, 3.8) is 0 Å². The van der Waals surface area contributed by atoms with Crippen LogP contribution in [0.1, 0.15) is 17.4 Å². The van der Waals surface area contributed by atoms with Crippen molar-refractivity contribution < 1.29 is 28.5 Å². The van der Waals surface area contributed by atoms with Crippen LogP contribution >= 0.6 is 34.8 Å². The summed E-state index contributed by atoms with van der Waals surface area (Å²) in [6, 6.07) is 18.3. The number of halogens is 3. The highest BCUT2D eigenvalue weighted by Gasteiger charge is 2.52. The Morgan fingerprint density at radius 1 is 1.06 bits per heavy atom. The third-order valence-electron chi connectivity index (χ3n) is 5.63. The lowest BCUT2D eigenvalue weighted by molar-refractivity contribution is -0.348. The van der Waals surface area contributed by atoms with Crippen molar-refractivity contribution in [1.29, 1.82) is 0 Å². The zero-order valence-corrected chi connectivity index (χ0v) is 21.0. The van der Waals surface area contributed by atoms with Gasteiger partial charge >= 0.3 is 0 Å². The molecular weight excluding hydrogens is 517 g/mol. The molecule has 0 bridgehead atoms. The summed E-state index contributed by atoms with van der Waals surface area (Å²) in [4.78, 5) is 12.7. The standard InChI is InChI=1S/C25H26Cl3NO6/c1-2-13-31-23-19(29-24(30)25(26,27)28)21(32-14-16-9-5-3-6-10-16)20-18(34-23)15-33-22(35-20)17-11-7-4-8-12-17/h2-12,18-23H,1,13-15H2,(H,29,30)/t18-,19-,20-,21+,22?,23+/m0/s1. The number of rotatable bonds is 8. The van der Waals surface area contributed by atoms with Crippen molar-refractivity contribution in [3.05, 3.63) is 84.4 Å². The Morgan fingerprint density at radius 3 is 2.40 bits per heavy atom. The predicted octanol–water partition coefficient (Wildman–Crippen LogP) is 4.47. The van der Waals surface area contributed by atoms with E-state index in [0.29, 0.717) is 0 Å². The third kappa shape index (κ3) is 6.76. The van der Waals surface area contributed by atoms with E-state index in [1.807, 2.05) is 60.7 Å². The third-order valence-corrected chi connectivity index (χ3v) is 6.14. The predicted molar refractivity (Wildman–Crippen MR) is 132 cm³/mol. The van der Waals surface area contributed by atoms with Crippen molar-refractivity contribution in [2.45, 2.75) is 47.3 Å². The minimum atomic E-state index is -2.19. The minimum absolute atomic E-state index is 0.169. The van der Waals surface area contributed by atoms with Gasteiger partial charge in [-0.25, -0.2) is 0 Å². The Bertz CT molecular complexity index is 974. The molecule has 0 aliphatic carbocycles. The number of alkyl halides is 3. The first-order valence-electron chi connectivity index (χ1n) is 11.1. The maximum Gasteiger partial charge on any atom is 0.272 e. The average molecular weight is 543 g/mol. The van der Waals surface area contributed by atoms with E-state index in [1.54, 1.807) is 6.08 Å². The van der Waals surface area contributed by atoms with Gasteiger partial charge in [-0.3, -0.25) is 4.79 Å². The van der Waals surface area contributed by atoms with E-state index in [1.165, 1.54) is 0 Å². The lowest BCUT2D eigenvalue weighted by atomic mass is 9.95. The summed E-state index contributed by atoms with van der Waals surface area (Å²) in [5.74, 6) is -0.832. The minimum Gasteiger partial charge on any atom is -0.368 e. The smallest absolute Gasteiger partial charge is 0.272 e. The number of carbonyl (C=O) groups excluding carboxylic acids is 1. The summed E-state index contributed by atoms with van der Waals surface area (Å²) in [5, 5.41) is 2.73. The summed E-state index contributed by atoms with van der Waals surface area (Å²) in [6.07, 6.45) is -1.84. The normalized spacial score (nSPS) is 28.7. The maximum atomic E-state index is 12.7. The molecule has 6 atom stereocenters. The molecule has 1 unspecified atom stereocenters. The highest BCUT2D eigenvalue weighted by molar-refractivity contribution is 6.76. The molecule has 2 aliphatic heterocycles. The van der Waals surface area contributed by atoms with E-state index in [0.717, 1.165) is 11.1 Å². The number of ether oxygens (including phenoxy) is 5. The molecule has 10 heteroatoms. The number of amides is 1. The quantitative estimate of drug-likeness (QED) is 0.392. The fraction of sp³-hybridized carbons (Fsp3) is 0.400. The SMILES string of the molecule is C=CCO[C@@H]1O[C@H]2COC(c3ccccc3)O[C@@H]2[C@H](OCc2ccccc2)[C@@H]1NC(=O)C(Cl)(Cl)Cl. The molecule has 1 amide bonds. The molecule has 7 nitrogen and oxygen atoms in total. The first-order valence-corrected chi connectivity index (χ1v) is 12.2. The van der Waals surface area contributed by atoms with Crippen LogP contribution < -0.4 is 5.32 Å². The summed E-state index contributed by atoms with van der Waals surface area (Å²) >= 11 is 17.5. The molecule has 0 saturated carbocycles. The monoisotopic (exact) mass is 541 g/mol. The second-order valence-electron chi connectivity index (χ2n) is 8.10. The van der Waals surface area contributed by atoms with Crippen molar-refractivity contribution in [1.82, 2.24) is 5.32 Å². The summed E-state index contributed by atoms with van der Waals surface area (Å²) in [6.45, 7) is 4.33. The van der Waals surface area contributed by atoms with E-state index >= 15 is 0 Å². The van der Waals surface area contributed by atoms with Crippen molar-refractivity contribution in [2.24, 2.45) is 0 Å². The molecule has 2 aromatic rings. The molecule has 1 N–H and O–H groups in total. The number of nitrogens with one attached hydrogen (secondary N) is 1. The van der Waals surface area contributed by atoms with Crippen LogP contribution in [0.15, 0.2) is 73.3 Å². The number of carbonyl (C=O) groups is 1. The molecule has 2 aromatic carbocycles. The Hall–Kier alpha value is -1.68. The Morgan fingerprint density at radius 2 is 1.74 bits per heavy atom. The molecule has 2 aliphatic rings. The molecule has 2 fully saturated rings. The second-order valence-corrected chi connectivity index (χ2v) is 10.4. The fourth-order valence-corrected chi connectivity index (χ4v) is 4.17. The van der Waals surface area contributed by atoms with Crippen LogP contribution in [0.5, 0.6) is 0 Å². The van der Waals surface area contributed by atoms with Crippen molar-refractivity contribution in [2.75, 3.05) is 13.2 Å². The first-order chi connectivity index (χ1) is 16.9. The molecule has 35 heavy (non-hydrogen) atoms. The fourth-order valence-electron chi connectivity index (χ4n) is 4.01. The van der Waals surface area contributed by atoms with Crippen LogP contribution in [0.25, 0.3) is 0 Å². The van der Waals surface area contributed by atoms with Gasteiger partial charge in [0, 0.05) is 5.56 Å². The van der Waals surface area contributed by atoms with E-state index in [9.17, 15) is 4.79 Å². The topological polar surface area (TPSA) is 75.2 Å². The van der Waals surface area contributed by atoms with Crippen LogP contribution in [0, 0.1) is 0 Å². The Balaban J connectivity index is 1.63. The van der Waals surface area contributed by atoms with Crippen LogP contribution in [0.3, 0.4) is 0 Å². The van der Waals surface area contributed by atoms with Gasteiger partial charge in [-0.05, 0) is 5.56 Å². The number of hydrogen-bond donors (Lipinski definition) is 1. The van der Waals surface area contributed by atoms with Gasteiger partial charge in [0.25, 0.3) is 9.70 Å². The van der Waals surface area contributed by atoms with Gasteiger partial charge in [0.15, 0.2) is 12.6 Å². The van der Waals surface area contributed by atoms with Gasteiger partial charge < -0.3 is 29.0 Å². The lowest BCUT2D eigenvalue weighted by Gasteiger charge is -2.49. The second kappa shape index (κ2) is 12.0. The van der Waals surface area contributed by atoms with Crippen LogP contribution in [-0.4, -0.2) is 53.6 Å². The van der Waals surface area contributed by atoms with Crippen LogP contribution in [0.4, 0.5) is 0 Å². The largest absolute Gasteiger partial charge is 0.368 e. The van der Waals surface area contributed by atoms with Gasteiger partial charge in [-0.1, -0.05) is 102 Å².